The highest BCUT2D eigenvalue weighted by atomic mass is 16.5. The molecule has 3 rings (SSSR count). The van der Waals surface area contributed by atoms with E-state index in [1.807, 2.05) is 11.0 Å². The molecule has 2 atom stereocenters. The summed E-state index contributed by atoms with van der Waals surface area (Å²) in [5.74, 6) is 1.11. The maximum atomic E-state index is 12.6. The van der Waals surface area contributed by atoms with E-state index in [0.717, 1.165) is 38.2 Å². The quantitative estimate of drug-likeness (QED) is 0.861. The van der Waals surface area contributed by atoms with E-state index >= 15 is 0 Å². The minimum atomic E-state index is 0.116. The van der Waals surface area contributed by atoms with Crippen molar-refractivity contribution >= 4 is 5.91 Å². The first-order valence-electron chi connectivity index (χ1n) is 8.27. The van der Waals surface area contributed by atoms with Crippen LogP contribution in [-0.4, -0.2) is 37.2 Å². The van der Waals surface area contributed by atoms with E-state index in [0.29, 0.717) is 6.42 Å². The zero-order chi connectivity index (χ0) is 15.5. The number of hydrogen-bond donors (Lipinski definition) is 0. The number of fused-ring (bicyclic) bond motifs is 1. The lowest BCUT2D eigenvalue weighted by Crippen LogP contribution is -2.40. The molecule has 120 valence electrons. The molecular formula is C18H25NO3. The van der Waals surface area contributed by atoms with Crippen molar-refractivity contribution in [1.29, 1.82) is 0 Å². The monoisotopic (exact) mass is 303 g/mol. The molecule has 0 aliphatic carbocycles. The molecule has 0 aromatic heterocycles. The zero-order valence-corrected chi connectivity index (χ0v) is 13.5. The lowest BCUT2D eigenvalue weighted by molar-refractivity contribution is -0.137. The molecule has 2 aliphatic rings. The van der Waals surface area contributed by atoms with Gasteiger partial charge in [0.05, 0.1) is 25.7 Å². The maximum Gasteiger partial charge on any atom is 0.225 e. The third kappa shape index (κ3) is 3.12. The minimum absolute atomic E-state index is 0.116. The summed E-state index contributed by atoms with van der Waals surface area (Å²) in [5.41, 5.74) is 2.54. The van der Waals surface area contributed by atoms with Crippen LogP contribution in [0.5, 0.6) is 5.75 Å². The number of benzene rings is 1. The molecule has 2 unspecified atom stereocenters. The maximum absolute atomic E-state index is 12.6. The van der Waals surface area contributed by atoms with Gasteiger partial charge in [0.25, 0.3) is 0 Å². The van der Waals surface area contributed by atoms with Crippen LogP contribution in [0.2, 0.25) is 0 Å². The van der Waals surface area contributed by atoms with Gasteiger partial charge < -0.3 is 14.4 Å². The van der Waals surface area contributed by atoms with Gasteiger partial charge in [0.15, 0.2) is 0 Å². The Hall–Kier alpha value is -1.55. The van der Waals surface area contributed by atoms with E-state index in [-0.39, 0.29) is 18.1 Å². The predicted molar refractivity (Wildman–Crippen MR) is 85.0 cm³/mol. The van der Waals surface area contributed by atoms with Gasteiger partial charge in [0.1, 0.15) is 5.75 Å². The Morgan fingerprint density at radius 1 is 1.41 bits per heavy atom. The normalized spacial score (nSPS) is 24.7. The summed E-state index contributed by atoms with van der Waals surface area (Å²) in [4.78, 5) is 14.6. The van der Waals surface area contributed by atoms with Crippen LogP contribution < -0.4 is 4.74 Å². The molecule has 1 saturated heterocycles. The van der Waals surface area contributed by atoms with E-state index in [4.69, 9.17) is 9.47 Å². The molecule has 1 aromatic rings. The average Bonchev–Trinajstić information content (AvgIpc) is 2.55. The minimum Gasteiger partial charge on any atom is -0.497 e. The summed E-state index contributed by atoms with van der Waals surface area (Å²) in [6, 6.07) is 6.30. The Balaban J connectivity index is 1.69. The lowest BCUT2D eigenvalue weighted by atomic mass is 9.92. The van der Waals surface area contributed by atoms with Crippen LogP contribution in [0.15, 0.2) is 18.2 Å². The molecule has 2 heterocycles. The number of hydrogen-bond acceptors (Lipinski definition) is 3. The predicted octanol–water partition coefficient (Wildman–Crippen LogP) is 3.10. The van der Waals surface area contributed by atoms with Crippen LogP contribution in [0, 0.1) is 0 Å². The van der Waals surface area contributed by atoms with Gasteiger partial charge in [-0.2, -0.15) is 0 Å². The zero-order valence-electron chi connectivity index (χ0n) is 13.5. The summed E-state index contributed by atoms with van der Waals surface area (Å²) in [6.45, 7) is 3.70. The topological polar surface area (TPSA) is 38.8 Å². The largest absolute Gasteiger partial charge is 0.497 e. The van der Waals surface area contributed by atoms with Crippen molar-refractivity contribution in [2.45, 2.75) is 51.2 Å². The fourth-order valence-corrected chi connectivity index (χ4v) is 3.56. The van der Waals surface area contributed by atoms with Crippen LogP contribution >= 0.6 is 0 Å². The highest BCUT2D eigenvalue weighted by molar-refractivity contribution is 5.77. The molecule has 4 nitrogen and oxygen atoms in total. The van der Waals surface area contributed by atoms with Crippen LogP contribution in [0.1, 0.15) is 49.8 Å². The summed E-state index contributed by atoms with van der Waals surface area (Å²) in [7, 11) is 1.69. The Morgan fingerprint density at radius 3 is 3.00 bits per heavy atom. The Morgan fingerprint density at radius 2 is 2.27 bits per heavy atom. The smallest absolute Gasteiger partial charge is 0.225 e. The number of carbonyl (C=O) groups is 1. The SMILES string of the molecule is COc1ccc2c(c1)CCN(C(=O)CC1CCCCO1)C2C. The molecule has 0 bridgehead atoms. The molecule has 0 saturated carbocycles. The molecular weight excluding hydrogens is 278 g/mol. The van der Waals surface area contributed by atoms with Gasteiger partial charge in [-0.1, -0.05) is 6.07 Å². The molecule has 0 spiro atoms. The van der Waals surface area contributed by atoms with Gasteiger partial charge in [-0.3, -0.25) is 4.79 Å². The molecule has 2 aliphatic heterocycles. The van der Waals surface area contributed by atoms with E-state index in [1.54, 1.807) is 7.11 Å². The van der Waals surface area contributed by atoms with E-state index in [2.05, 4.69) is 19.1 Å². The third-order valence-corrected chi connectivity index (χ3v) is 4.89. The van der Waals surface area contributed by atoms with Crippen LogP contribution in [0.3, 0.4) is 0 Å². The van der Waals surface area contributed by atoms with Crippen LogP contribution in [0.25, 0.3) is 0 Å². The van der Waals surface area contributed by atoms with E-state index < -0.39 is 0 Å². The Bertz CT molecular complexity index is 537. The highest BCUT2D eigenvalue weighted by Crippen LogP contribution is 2.32. The van der Waals surface area contributed by atoms with E-state index in [1.165, 1.54) is 17.5 Å². The van der Waals surface area contributed by atoms with Crippen molar-refractivity contribution in [3.8, 4) is 5.75 Å². The highest BCUT2D eigenvalue weighted by Gasteiger charge is 2.29. The van der Waals surface area contributed by atoms with Crippen molar-refractivity contribution < 1.29 is 14.3 Å². The second-order valence-electron chi connectivity index (χ2n) is 6.27. The van der Waals surface area contributed by atoms with Gasteiger partial charge >= 0.3 is 0 Å². The van der Waals surface area contributed by atoms with Crippen LogP contribution in [0.4, 0.5) is 0 Å². The van der Waals surface area contributed by atoms with Crippen molar-refractivity contribution in [2.75, 3.05) is 20.3 Å². The summed E-state index contributed by atoms with van der Waals surface area (Å²) in [6.07, 6.45) is 4.85. The number of carbonyl (C=O) groups excluding carboxylic acids is 1. The van der Waals surface area contributed by atoms with Crippen molar-refractivity contribution in [2.24, 2.45) is 0 Å². The third-order valence-electron chi connectivity index (χ3n) is 4.89. The number of rotatable bonds is 3. The molecule has 1 fully saturated rings. The first kappa shape index (κ1) is 15.3. The molecule has 1 aromatic carbocycles. The summed E-state index contributed by atoms with van der Waals surface area (Å²) < 4.78 is 11.0. The van der Waals surface area contributed by atoms with Gasteiger partial charge in [-0.25, -0.2) is 0 Å². The van der Waals surface area contributed by atoms with E-state index in [9.17, 15) is 4.79 Å². The van der Waals surface area contributed by atoms with Gasteiger partial charge in [-0.15, -0.1) is 0 Å². The molecule has 0 radical (unpaired) electrons. The average molecular weight is 303 g/mol. The van der Waals surface area contributed by atoms with Gasteiger partial charge in [-0.05, 0) is 55.9 Å². The molecule has 0 N–H and O–H groups in total. The van der Waals surface area contributed by atoms with Crippen molar-refractivity contribution in [3.63, 3.8) is 0 Å². The first-order chi connectivity index (χ1) is 10.7. The molecule has 22 heavy (non-hydrogen) atoms. The molecule has 1 amide bonds. The second kappa shape index (κ2) is 6.69. The standard InChI is InChI=1S/C18H25NO3/c1-13-17-7-6-15(21-2)11-14(17)8-9-19(13)18(20)12-16-5-3-4-10-22-16/h6-7,11,13,16H,3-5,8-10,12H2,1-2H3. The van der Waals surface area contributed by atoms with Crippen molar-refractivity contribution in [3.05, 3.63) is 29.3 Å². The number of amides is 1. The fraction of sp³-hybridized carbons (Fsp3) is 0.611. The second-order valence-corrected chi connectivity index (χ2v) is 6.27. The molecule has 4 heteroatoms. The van der Waals surface area contributed by atoms with Gasteiger partial charge in [0.2, 0.25) is 5.91 Å². The number of ether oxygens (including phenoxy) is 2. The van der Waals surface area contributed by atoms with Crippen LogP contribution in [-0.2, 0) is 16.0 Å². The summed E-state index contributed by atoms with van der Waals surface area (Å²) in [5, 5.41) is 0. The first-order valence-corrected chi connectivity index (χ1v) is 8.27. The Labute approximate surface area is 132 Å². The lowest BCUT2D eigenvalue weighted by Gasteiger charge is -2.36. The number of nitrogens with zero attached hydrogens (tertiary/aromatic N) is 1. The Kier molecular flexibility index (Phi) is 4.67. The number of methoxy groups -OCH3 is 1. The van der Waals surface area contributed by atoms with Crippen molar-refractivity contribution in [1.82, 2.24) is 4.90 Å². The fourth-order valence-electron chi connectivity index (χ4n) is 3.56. The summed E-state index contributed by atoms with van der Waals surface area (Å²) >= 11 is 0. The van der Waals surface area contributed by atoms with Gasteiger partial charge in [0, 0.05) is 13.2 Å².